The number of nitrogens with one attached hydrogen (secondary N) is 1. The molecule has 2 saturated heterocycles. The Labute approximate surface area is 207 Å². The molecule has 4 heterocycles. The number of nitrogens with zero attached hydrogens (tertiary/aromatic N) is 6. The first-order chi connectivity index (χ1) is 16.4. The number of likely N-dealkylation sites (tertiary alicyclic amines) is 1. The molecular weight excluding hydrogens is 480 g/mol. The number of rotatable bonds is 7. The van der Waals surface area contributed by atoms with Crippen LogP contribution in [0.1, 0.15) is 31.4 Å². The van der Waals surface area contributed by atoms with Gasteiger partial charge in [-0.05, 0) is 55.8 Å². The van der Waals surface area contributed by atoms with Crippen LogP contribution in [0.15, 0.2) is 24.3 Å². The number of benzene rings is 1. The van der Waals surface area contributed by atoms with Gasteiger partial charge >= 0.3 is 0 Å². The molecule has 182 valence electrons. The van der Waals surface area contributed by atoms with E-state index >= 15 is 0 Å². The van der Waals surface area contributed by atoms with Crippen LogP contribution in [-0.4, -0.2) is 68.9 Å². The molecular formula is C23H28Cl2FN7O. The molecule has 8 nitrogen and oxygen atoms in total. The van der Waals surface area contributed by atoms with Gasteiger partial charge < -0.3 is 20.2 Å². The summed E-state index contributed by atoms with van der Waals surface area (Å²) in [6, 6.07) is 6.42. The number of aliphatic hydroxyl groups is 1. The summed E-state index contributed by atoms with van der Waals surface area (Å²) in [5.74, 6) is 1.52. The summed E-state index contributed by atoms with van der Waals surface area (Å²) in [5, 5.41) is 17.6. The van der Waals surface area contributed by atoms with Gasteiger partial charge in [0.25, 0.3) is 0 Å². The van der Waals surface area contributed by atoms with Crippen molar-refractivity contribution in [3.63, 3.8) is 0 Å². The summed E-state index contributed by atoms with van der Waals surface area (Å²) in [6.07, 6.45) is 2.37. The number of aliphatic hydroxyl groups excluding tert-OH is 1. The van der Waals surface area contributed by atoms with Crippen LogP contribution in [0, 0.1) is 17.8 Å². The van der Waals surface area contributed by atoms with Crippen molar-refractivity contribution < 1.29 is 9.50 Å². The molecule has 2 aromatic heterocycles. The van der Waals surface area contributed by atoms with Gasteiger partial charge in [-0.2, -0.15) is 18.9 Å². The topological polar surface area (TPSA) is 81.8 Å². The average molecular weight is 508 g/mol. The molecule has 0 amide bonds. The minimum absolute atomic E-state index is 0.203. The monoisotopic (exact) mass is 507 g/mol. The molecule has 11 heteroatoms. The summed E-state index contributed by atoms with van der Waals surface area (Å²) >= 11 is 12.4. The van der Waals surface area contributed by atoms with E-state index in [-0.39, 0.29) is 12.6 Å². The van der Waals surface area contributed by atoms with Crippen molar-refractivity contribution in [2.45, 2.75) is 25.8 Å². The number of halogens is 3. The predicted octanol–water partition coefficient (Wildman–Crippen LogP) is 3.88. The van der Waals surface area contributed by atoms with Crippen LogP contribution in [0.2, 0.25) is 10.0 Å². The lowest BCUT2D eigenvalue weighted by Gasteiger charge is -2.46. The number of aromatic nitrogens is 4. The van der Waals surface area contributed by atoms with E-state index in [0.29, 0.717) is 39.4 Å². The van der Waals surface area contributed by atoms with Crippen molar-refractivity contribution in [3.8, 4) is 0 Å². The summed E-state index contributed by atoms with van der Waals surface area (Å²) in [6.45, 7) is 6.71. The highest BCUT2D eigenvalue weighted by Crippen LogP contribution is 2.34. The van der Waals surface area contributed by atoms with Gasteiger partial charge in [-0.25, -0.2) is 0 Å². The molecule has 5 rings (SSSR count). The molecule has 3 aromatic rings. The van der Waals surface area contributed by atoms with E-state index < -0.39 is 5.95 Å². The summed E-state index contributed by atoms with van der Waals surface area (Å²) in [7, 11) is 0. The van der Waals surface area contributed by atoms with E-state index in [4.69, 9.17) is 28.2 Å². The molecule has 2 aliphatic heterocycles. The van der Waals surface area contributed by atoms with Crippen LogP contribution < -0.4 is 10.2 Å². The number of hydrogen-bond acceptors (Lipinski definition) is 7. The lowest BCUT2D eigenvalue weighted by atomic mass is 9.81. The maximum atomic E-state index is 14.0. The zero-order valence-electron chi connectivity index (χ0n) is 19.0. The van der Waals surface area contributed by atoms with Gasteiger partial charge in [0.1, 0.15) is 0 Å². The Morgan fingerprint density at radius 3 is 2.76 bits per heavy atom. The lowest BCUT2D eigenvalue weighted by Crippen LogP contribution is -2.54. The Kier molecular flexibility index (Phi) is 6.79. The fourth-order valence-corrected chi connectivity index (χ4v) is 5.57. The second-order valence-electron chi connectivity index (χ2n) is 9.21. The molecule has 0 spiro atoms. The normalized spacial score (nSPS) is 20.5. The molecule has 1 aromatic carbocycles. The van der Waals surface area contributed by atoms with Crippen LogP contribution in [0.3, 0.4) is 0 Å². The molecule has 2 aliphatic rings. The molecule has 0 saturated carbocycles. The molecule has 0 unspecified atom stereocenters. The largest absolute Gasteiger partial charge is 0.395 e. The SMILES string of the molecule is C[C@@H](Nc1nc(N2CC([C@H]3CCCN(CCO)C3)C2)nc2cc(F)nn12)c1ccc(Cl)cc1Cl. The summed E-state index contributed by atoms with van der Waals surface area (Å²) in [4.78, 5) is 13.7. The van der Waals surface area contributed by atoms with Gasteiger partial charge in [-0.1, -0.05) is 29.3 Å². The van der Waals surface area contributed by atoms with Crippen molar-refractivity contribution in [1.29, 1.82) is 0 Å². The van der Waals surface area contributed by atoms with Crippen LogP contribution >= 0.6 is 23.2 Å². The van der Waals surface area contributed by atoms with Gasteiger partial charge in [-0.3, -0.25) is 0 Å². The van der Waals surface area contributed by atoms with E-state index in [1.165, 1.54) is 17.0 Å². The minimum Gasteiger partial charge on any atom is -0.395 e. The van der Waals surface area contributed by atoms with E-state index in [2.05, 4.69) is 25.2 Å². The molecule has 2 atom stereocenters. The van der Waals surface area contributed by atoms with Crippen molar-refractivity contribution in [3.05, 3.63) is 45.8 Å². The second kappa shape index (κ2) is 9.81. The second-order valence-corrected chi connectivity index (χ2v) is 10.1. The van der Waals surface area contributed by atoms with Crippen molar-refractivity contribution in [1.82, 2.24) is 24.5 Å². The van der Waals surface area contributed by atoms with E-state index in [1.54, 1.807) is 12.1 Å². The Hall–Kier alpha value is -2.20. The molecule has 0 radical (unpaired) electrons. The number of anilines is 2. The number of piperidine rings is 1. The minimum atomic E-state index is -0.612. The third-order valence-corrected chi connectivity index (χ3v) is 7.44. The smallest absolute Gasteiger partial charge is 0.235 e. The highest BCUT2D eigenvalue weighted by Gasteiger charge is 2.37. The molecule has 0 bridgehead atoms. The molecule has 0 aliphatic carbocycles. The van der Waals surface area contributed by atoms with E-state index in [9.17, 15) is 9.50 Å². The van der Waals surface area contributed by atoms with Gasteiger partial charge in [-0.15, -0.1) is 5.10 Å². The number of hydrogen-bond donors (Lipinski definition) is 2. The zero-order chi connectivity index (χ0) is 23.8. The molecule has 34 heavy (non-hydrogen) atoms. The standard InChI is InChI=1S/C23H28Cl2FN7O/c1-14(18-5-4-17(24)9-19(18)25)27-23-29-22(28-21-10-20(26)30-33(21)23)32-12-16(13-32)15-3-2-6-31(11-15)7-8-34/h4-5,9-10,14-16,34H,2-3,6-8,11-13H2,1H3,(H,27,28,29)/t14-,15+/m1/s1. The van der Waals surface area contributed by atoms with Gasteiger partial charge in [0.2, 0.25) is 17.8 Å². The summed E-state index contributed by atoms with van der Waals surface area (Å²) < 4.78 is 15.4. The third-order valence-electron chi connectivity index (χ3n) is 6.87. The first-order valence-corrected chi connectivity index (χ1v) is 12.4. The van der Waals surface area contributed by atoms with Crippen LogP contribution in [-0.2, 0) is 0 Å². The van der Waals surface area contributed by atoms with Crippen LogP contribution in [0.4, 0.5) is 16.3 Å². The average Bonchev–Trinajstić information content (AvgIpc) is 3.14. The Bertz CT molecular complexity index is 1170. The third kappa shape index (κ3) is 4.79. The van der Waals surface area contributed by atoms with Crippen LogP contribution in [0.5, 0.6) is 0 Å². The Morgan fingerprint density at radius 2 is 2.00 bits per heavy atom. The first-order valence-electron chi connectivity index (χ1n) is 11.6. The fraction of sp³-hybridized carbons (Fsp3) is 0.522. The van der Waals surface area contributed by atoms with Gasteiger partial charge in [0.05, 0.1) is 12.6 Å². The maximum absolute atomic E-state index is 14.0. The number of fused-ring (bicyclic) bond motifs is 1. The van der Waals surface area contributed by atoms with Gasteiger partial charge in [0.15, 0.2) is 5.65 Å². The van der Waals surface area contributed by atoms with Gasteiger partial charge in [0, 0.05) is 42.3 Å². The highest BCUT2D eigenvalue weighted by molar-refractivity contribution is 6.35. The van der Waals surface area contributed by atoms with Crippen molar-refractivity contribution in [2.75, 3.05) is 49.5 Å². The predicted molar refractivity (Wildman–Crippen MR) is 131 cm³/mol. The quantitative estimate of drug-likeness (QED) is 0.501. The van der Waals surface area contributed by atoms with Crippen molar-refractivity contribution in [2.24, 2.45) is 11.8 Å². The number of β-amino-alcohol motifs (C(OH)–C–C–N with tert-alkyl or cyclic N) is 1. The Morgan fingerprint density at radius 1 is 1.18 bits per heavy atom. The van der Waals surface area contributed by atoms with Crippen molar-refractivity contribution >= 4 is 40.7 Å². The lowest BCUT2D eigenvalue weighted by molar-refractivity contribution is 0.101. The van der Waals surface area contributed by atoms with E-state index in [1.807, 2.05) is 13.0 Å². The highest BCUT2D eigenvalue weighted by atomic mass is 35.5. The first kappa shape index (κ1) is 23.5. The zero-order valence-corrected chi connectivity index (χ0v) is 20.5. The fourth-order valence-electron chi connectivity index (χ4n) is 5.00. The Balaban J connectivity index is 1.33. The molecule has 2 fully saturated rings. The molecule has 2 N–H and O–H groups in total. The van der Waals surface area contributed by atoms with E-state index in [0.717, 1.165) is 44.7 Å². The summed E-state index contributed by atoms with van der Waals surface area (Å²) in [5.41, 5.74) is 1.25. The maximum Gasteiger partial charge on any atom is 0.235 e. The van der Waals surface area contributed by atoms with Crippen LogP contribution in [0.25, 0.3) is 5.65 Å².